The molecule has 0 aromatic carbocycles. The first-order valence-corrected chi connectivity index (χ1v) is 4.75. The number of aldehydes is 1. The molecular weight excluding hydrogens is 224 g/mol. The van der Waals surface area contributed by atoms with E-state index in [0.717, 1.165) is 0 Å². The SMILES string of the molecule is NC(=O)CN(CC(N)=O)c1ccc(C=O)cn1. The van der Waals surface area contributed by atoms with Crippen LogP contribution in [0.15, 0.2) is 18.3 Å². The van der Waals surface area contributed by atoms with Crippen molar-refractivity contribution in [3.63, 3.8) is 0 Å². The minimum atomic E-state index is -0.604. The first-order chi connectivity index (χ1) is 8.02. The van der Waals surface area contributed by atoms with Gasteiger partial charge in [0.25, 0.3) is 0 Å². The van der Waals surface area contributed by atoms with Crippen molar-refractivity contribution in [2.45, 2.75) is 0 Å². The van der Waals surface area contributed by atoms with Gasteiger partial charge in [-0.2, -0.15) is 0 Å². The number of primary amides is 2. The fourth-order valence-electron chi connectivity index (χ4n) is 1.25. The molecule has 0 saturated heterocycles. The summed E-state index contributed by atoms with van der Waals surface area (Å²) in [5.74, 6) is -0.853. The van der Waals surface area contributed by atoms with Gasteiger partial charge in [-0.3, -0.25) is 14.4 Å². The number of nitrogens with two attached hydrogens (primary N) is 2. The van der Waals surface area contributed by atoms with Crippen molar-refractivity contribution in [3.05, 3.63) is 23.9 Å². The number of anilines is 1. The molecule has 0 aliphatic rings. The third-order valence-electron chi connectivity index (χ3n) is 1.92. The standard InChI is InChI=1S/C10H12N4O3/c11-8(16)4-14(5-9(12)17)10-2-1-7(6-15)3-13-10/h1-3,6H,4-5H2,(H2,11,16)(H2,12,17). The van der Waals surface area contributed by atoms with E-state index in [1.807, 2.05) is 0 Å². The van der Waals surface area contributed by atoms with Crippen molar-refractivity contribution in [3.8, 4) is 0 Å². The smallest absolute Gasteiger partial charge is 0.237 e. The van der Waals surface area contributed by atoms with Gasteiger partial charge in [0.2, 0.25) is 11.8 Å². The quantitative estimate of drug-likeness (QED) is 0.593. The molecule has 0 saturated carbocycles. The van der Waals surface area contributed by atoms with E-state index in [4.69, 9.17) is 11.5 Å². The van der Waals surface area contributed by atoms with Crippen molar-refractivity contribution >= 4 is 23.9 Å². The Labute approximate surface area is 97.4 Å². The molecule has 1 aromatic heterocycles. The zero-order valence-electron chi connectivity index (χ0n) is 9.00. The predicted octanol–water partition coefficient (Wildman–Crippen LogP) is -1.33. The average molecular weight is 236 g/mol. The van der Waals surface area contributed by atoms with Crippen LogP contribution < -0.4 is 16.4 Å². The largest absolute Gasteiger partial charge is 0.368 e. The van der Waals surface area contributed by atoms with Crippen LogP contribution in [-0.4, -0.2) is 36.2 Å². The van der Waals surface area contributed by atoms with Gasteiger partial charge in [0.15, 0.2) is 6.29 Å². The molecule has 0 atom stereocenters. The molecule has 0 unspecified atom stereocenters. The Hall–Kier alpha value is -2.44. The Bertz CT molecular complexity index is 414. The van der Waals surface area contributed by atoms with E-state index in [1.54, 1.807) is 0 Å². The first kappa shape index (κ1) is 12.6. The Morgan fingerprint density at radius 2 is 1.82 bits per heavy atom. The van der Waals surface area contributed by atoms with Gasteiger partial charge in [-0.15, -0.1) is 0 Å². The van der Waals surface area contributed by atoms with Gasteiger partial charge >= 0.3 is 0 Å². The van der Waals surface area contributed by atoms with Crippen LogP contribution >= 0.6 is 0 Å². The summed E-state index contributed by atoms with van der Waals surface area (Å²) >= 11 is 0. The summed E-state index contributed by atoms with van der Waals surface area (Å²) < 4.78 is 0. The highest BCUT2D eigenvalue weighted by Gasteiger charge is 2.13. The van der Waals surface area contributed by atoms with Crippen molar-refractivity contribution in [2.75, 3.05) is 18.0 Å². The molecule has 0 bridgehead atoms. The highest BCUT2D eigenvalue weighted by Crippen LogP contribution is 2.09. The number of hydrogen-bond acceptors (Lipinski definition) is 5. The first-order valence-electron chi connectivity index (χ1n) is 4.75. The van der Waals surface area contributed by atoms with E-state index in [1.165, 1.54) is 23.2 Å². The highest BCUT2D eigenvalue weighted by molar-refractivity contribution is 5.84. The lowest BCUT2D eigenvalue weighted by molar-refractivity contribution is -0.117. The summed E-state index contributed by atoms with van der Waals surface area (Å²) in [6, 6.07) is 3.03. The highest BCUT2D eigenvalue weighted by atomic mass is 16.2. The number of aromatic nitrogens is 1. The summed E-state index contributed by atoms with van der Waals surface area (Å²) in [6.07, 6.45) is 1.97. The molecule has 4 N–H and O–H groups in total. The fraction of sp³-hybridized carbons (Fsp3) is 0.200. The molecule has 1 aromatic rings. The van der Waals surface area contributed by atoms with Crippen LogP contribution in [-0.2, 0) is 9.59 Å². The third-order valence-corrected chi connectivity index (χ3v) is 1.92. The second-order valence-corrected chi connectivity index (χ2v) is 3.36. The lowest BCUT2D eigenvalue weighted by atomic mass is 10.3. The van der Waals surface area contributed by atoms with Crippen molar-refractivity contribution in [2.24, 2.45) is 11.5 Å². The number of hydrogen-bond donors (Lipinski definition) is 2. The zero-order valence-corrected chi connectivity index (χ0v) is 9.00. The topological polar surface area (TPSA) is 119 Å². The summed E-state index contributed by atoms with van der Waals surface area (Å²) in [6.45, 7) is -0.341. The van der Waals surface area contributed by atoms with Gasteiger partial charge in [-0.1, -0.05) is 0 Å². The predicted molar refractivity (Wildman–Crippen MR) is 60.2 cm³/mol. The van der Waals surface area contributed by atoms with Crippen LogP contribution in [0.1, 0.15) is 10.4 Å². The van der Waals surface area contributed by atoms with Crippen LogP contribution in [0.3, 0.4) is 0 Å². The normalized spacial score (nSPS) is 9.65. The maximum atomic E-state index is 10.8. The molecule has 0 fully saturated rings. The molecule has 90 valence electrons. The third kappa shape index (κ3) is 3.90. The fourth-order valence-corrected chi connectivity index (χ4v) is 1.25. The molecule has 7 nitrogen and oxygen atoms in total. The molecule has 1 heterocycles. The lowest BCUT2D eigenvalue weighted by Crippen LogP contribution is -2.40. The van der Waals surface area contributed by atoms with Gasteiger partial charge in [0.1, 0.15) is 5.82 Å². The molecule has 2 amide bonds. The Balaban J connectivity index is 2.90. The average Bonchev–Trinajstić information content (AvgIpc) is 2.27. The van der Waals surface area contributed by atoms with E-state index in [-0.39, 0.29) is 13.1 Å². The Kier molecular flexibility index (Phi) is 4.15. The zero-order chi connectivity index (χ0) is 12.8. The number of pyridine rings is 1. The maximum absolute atomic E-state index is 10.8. The van der Waals surface area contributed by atoms with Gasteiger partial charge < -0.3 is 16.4 Å². The number of rotatable bonds is 6. The molecule has 1 rings (SSSR count). The summed E-state index contributed by atoms with van der Waals surface area (Å²) in [5.41, 5.74) is 10.5. The second-order valence-electron chi connectivity index (χ2n) is 3.36. The van der Waals surface area contributed by atoms with E-state index in [0.29, 0.717) is 17.7 Å². The van der Waals surface area contributed by atoms with Gasteiger partial charge in [0.05, 0.1) is 13.1 Å². The molecular formula is C10H12N4O3. The molecule has 17 heavy (non-hydrogen) atoms. The molecule has 0 aliphatic carbocycles. The van der Waals surface area contributed by atoms with Gasteiger partial charge in [-0.25, -0.2) is 4.98 Å². The number of amides is 2. The van der Waals surface area contributed by atoms with Gasteiger partial charge in [-0.05, 0) is 12.1 Å². The molecule has 0 aliphatic heterocycles. The minimum absolute atomic E-state index is 0.170. The Morgan fingerprint density at radius 1 is 1.24 bits per heavy atom. The second kappa shape index (κ2) is 5.59. The summed E-state index contributed by atoms with van der Waals surface area (Å²) in [7, 11) is 0. The van der Waals surface area contributed by atoms with Crippen LogP contribution in [0.2, 0.25) is 0 Å². The van der Waals surface area contributed by atoms with Crippen LogP contribution in [0.4, 0.5) is 5.82 Å². The van der Waals surface area contributed by atoms with Crippen molar-refractivity contribution < 1.29 is 14.4 Å². The number of carbonyl (C=O) groups is 3. The van der Waals surface area contributed by atoms with Crippen LogP contribution in [0.25, 0.3) is 0 Å². The van der Waals surface area contributed by atoms with Crippen molar-refractivity contribution in [1.29, 1.82) is 0 Å². The maximum Gasteiger partial charge on any atom is 0.237 e. The molecule has 0 spiro atoms. The van der Waals surface area contributed by atoms with E-state index >= 15 is 0 Å². The van der Waals surface area contributed by atoms with Crippen LogP contribution in [0, 0.1) is 0 Å². The summed E-state index contributed by atoms with van der Waals surface area (Å²) in [5, 5.41) is 0. The van der Waals surface area contributed by atoms with E-state index < -0.39 is 11.8 Å². The van der Waals surface area contributed by atoms with Crippen LogP contribution in [0.5, 0.6) is 0 Å². The minimum Gasteiger partial charge on any atom is -0.368 e. The summed E-state index contributed by atoms with van der Waals surface area (Å²) in [4.78, 5) is 37.4. The number of nitrogens with zero attached hydrogens (tertiary/aromatic N) is 2. The lowest BCUT2D eigenvalue weighted by Gasteiger charge is -2.20. The van der Waals surface area contributed by atoms with E-state index in [2.05, 4.69) is 4.98 Å². The molecule has 0 radical (unpaired) electrons. The molecule has 7 heteroatoms. The van der Waals surface area contributed by atoms with E-state index in [9.17, 15) is 14.4 Å². The van der Waals surface area contributed by atoms with Crippen molar-refractivity contribution in [1.82, 2.24) is 4.98 Å². The Morgan fingerprint density at radius 3 is 2.18 bits per heavy atom. The number of carbonyl (C=O) groups excluding carboxylic acids is 3. The van der Waals surface area contributed by atoms with Gasteiger partial charge in [0, 0.05) is 11.8 Å². The monoisotopic (exact) mass is 236 g/mol.